The lowest BCUT2D eigenvalue weighted by Crippen LogP contribution is -2.27. The molecule has 21 heavy (non-hydrogen) atoms. The summed E-state index contributed by atoms with van der Waals surface area (Å²) in [7, 11) is 0. The van der Waals surface area contributed by atoms with Gasteiger partial charge in [0.2, 0.25) is 5.91 Å². The van der Waals surface area contributed by atoms with Crippen molar-refractivity contribution in [3.8, 4) is 0 Å². The van der Waals surface area contributed by atoms with Crippen molar-refractivity contribution in [3.63, 3.8) is 0 Å². The summed E-state index contributed by atoms with van der Waals surface area (Å²) in [6, 6.07) is 17.7. The minimum absolute atomic E-state index is 0.0700. The third kappa shape index (κ3) is 6.46. The average molecular weight is 338 g/mol. The van der Waals surface area contributed by atoms with Gasteiger partial charge in [-0.2, -0.15) is 0 Å². The van der Waals surface area contributed by atoms with Gasteiger partial charge in [-0.05, 0) is 36.4 Å². The summed E-state index contributed by atoms with van der Waals surface area (Å²) in [5, 5.41) is 3.67. The van der Waals surface area contributed by atoms with Crippen molar-refractivity contribution in [2.75, 3.05) is 18.1 Å². The maximum absolute atomic E-state index is 11.7. The monoisotopic (exact) mass is 337 g/mol. The molecule has 2 aromatic rings. The minimum Gasteiger partial charge on any atom is -0.355 e. The van der Waals surface area contributed by atoms with E-state index >= 15 is 0 Å². The second-order valence-corrected chi connectivity index (χ2v) is 6.91. The van der Waals surface area contributed by atoms with Crippen LogP contribution in [0.25, 0.3) is 0 Å². The summed E-state index contributed by atoms with van der Waals surface area (Å²) in [6.45, 7) is 0.668. The van der Waals surface area contributed by atoms with E-state index in [4.69, 9.17) is 11.6 Å². The van der Waals surface area contributed by atoms with Crippen LogP contribution in [0.3, 0.4) is 0 Å². The molecule has 0 aliphatic carbocycles. The Kier molecular flexibility index (Phi) is 7.00. The Bertz CT molecular complexity index is 560. The quantitative estimate of drug-likeness (QED) is 0.602. The third-order valence-corrected chi connectivity index (χ3v) is 4.90. The molecule has 0 aliphatic heterocycles. The minimum atomic E-state index is 0.0700. The number of benzene rings is 2. The fraction of sp³-hybridized carbons (Fsp3) is 0.188. The summed E-state index contributed by atoms with van der Waals surface area (Å²) >= 11 is 9.09. The van der Waals surface area contributed by atoms with Gasteiger partial charge in [0.25, 0.3) is 0 Å². The summed E-state index contributed by atoms with van der Waals surface area (Å²) in [5.41, 5.74) is 0. The summed E-state index contributed by atoms with van der Waals surface area (Å²) < 4.78 is 0. The molecule has 0 bridgehead atoms. The van der Waals surface area contributed by atoms with Crippen LogP contribution in [0.5, 0.6) is 0 Å². The first-order valence-corrected chi connectivity index (χ1v) is 8.92. The van der Waals surface area contributed by atoms with E-state index < -0.39 is 0 Å². The van der Waals surface area contributed by atoms with Gasteiger partial charge in [-0.25, -0.2) is 0 Å². The van der Waals surface area contributed by atoms with Crippen LogP contribution in [0.4, 0.5) is 0 Å². The van der Waals surface area contributed by atoms with Gasteiger partial charge >= 0.3 is 0 Å². The van der Waals surface area contributed by atoms with E-state index in [9.17, 15) is 4.79 Å². The summed E-state index contributed by atoms with van der Waals surface area (Å²) in [4.78, 5) is 14.0. The van der Waals surface area contributed by atoms with Crippen LogP contribution < -0.4 is 5.32 Å². The molecule has 5 heteroatoms. The highest BCUT2D eigenvalue weighted by molar-refractivity contribution is 8.00. The van der Waals surface area contributed by atoms with Gasteiger partial charge in [0.15, 0.2) is 0 Å². The van der Waals surface area contributed by atoms with Gasteiger partial charge in [-0.15, -0.1) is 23.5 Å². The van der Waals surface area contributed by atoms with Crippen LogP contribution >= 0.6 is 35.1 Å². The smallest absolute Gasteiger partial charge is 0.230 e. The second-order valence-electron chi connectivity index (χ2n) is 4.25. The van der Waals surface area contributed by atoms with Gasteiger partial charge in [0.05, 0.1) is 5.75 Å². The molecule has 2 nitrogen and oxygen atoms in total. The number of thioether (sulfide) groups is 2. The lowest BCUT2D eigenvalue weighted by molar-refractivity contribution is -0.118. The maximum atomic E-state index is 11.7. The number of halogens is 1. The molecule has 0 aromatic heterocycles. The number of rotatable bonds is 7. The molecule has 0 radical (unpaired) electrons. The highest BCUT2D eigenvalue weighted by Gasteiger charge is 2.02. The van der Waals surface area contributed by atoms with Crippen LogP contribution in [0, 0.1) is 0 Å². The average Bonchev–Trinajstić information content (AvgIpc) is 2.52. The standard InChI is InChI=1S/C16H16ClNOS2/c17-13-6-8-15(9-7-13)20-11-10-18-16(19)12-21-14-4-2-1-3-5-14/h1-9H,10-12H2,(H,18,19). The Labute approximate surface area is 138 Å². The molecule has 0 saturated carbocycles. The van der Waals surface area contributed by atoms with Gasteiger partial charge < -0.3 is 5.32 Å². The van der Waals surface area contributed by atoms with Gasteiger partial charge in [0, 0.05) is 27.1 Å². The van der Waals surface area contributed by atoms with Crippen molar-refractivity contribution in [2.45, 2.75) is 9.79 Å². The number of hydrogen-bond acceptors (Lipinski definition) is 3. The molecule has 0 aliphatic rings. The number of carbonyl (C=O) groups excluding carboxylic acids is 1. The Morgan fingerprint density at radius 2 is 1.62 bits per heavy atom. The Morgan fingerprint density at radius 1 is 0.952 bits per heavy atom. The van der Waals surface area contributed by atoms with Gasteiger partial charge in [-0.3, -0.25) is 4.79 Å². The zero-order chi connectivity index (χ0) is 14.9. The van der Waals surface area contributed by atoms with E-state index in [1.54, 1.807) is 23.5 Å². The van der Waals surface area contributed by atoms with Crippen LogP contribution in [0.2, 0.25) is 5.02 Å². The molecule has 110 valence electrons. The molecule has 0 spiro atoms. The summed E-state index contributed by atoms with van der Waals surface area (Å²) in [5.74, 6) is 1.37. The first-order chi connectivity index (χ1) is 10.2. The molecule has 0 atom stereocenters. The number of nitrogens with one attached hydrogen (secondary N) is 1. The van der Waals surface area contributed by atoms with E-state index in [0.29, 0.717) is 12.3 Å². The molecule has 0 unspecified atom stereocenters. The Hall–Kier alpha value is -1.10. The first-order valence-electron chi connectivity index (χ1n) is 6.57. The number of hydrogen-bond donors (Lipinski definition) is 1. The predicted molar refractivity (Wildman–Crippen MR) is 92.4 cm³/mol. The van der Waals surface area contributed by atoms with Crippen LogP contribution in [0.1, 0.15) is 0 Å². The van der Waals surface area contributed by atoms with E-state index in [1.807, 2.05) is 54.6 Å². The molecule has 1 N–H and O–H groups in total. The maximum Gasteiger partial charge on any atom is 0.230 e. The Morgan fingerprint density at radius 3 is 2.33 bits per heavy atom. The van der Waals surface area contributed by atoms with Crippen LogP contribution in [0.15, 0.2) is 64.4 Å². The lowest BCUT2D eigenvalue weighted by Gasteiger charge is -2.05. The molecular formula is C16H16ClNOS2. The fourth-order valence-electron chi connectivity index (χ4n) is 1.61. The van der Waals surface area contributed by atoms with Crippen molar-refractivity contribution in [2.24, 2.45) is 0 Å². The molecular weight excluding hydrogens is 322 g/mol. The highest BCUT2D eigenvalue weighted by atomic mass is 35.5. The topological polar surface area (TPSA) is 29.1 Å². The molecule has 2 rings (SSSR count). The van der Waals surface area contributed by atoms with E-state index in [1.165, 1.54) is 0 Å². The molecule has 0 fully saturated rings. The van der Waals surface area contributed by atoms with Crippen LogP contribution in [-0.2, 0) is 4.79 Å². The van der Waals surface area contributed by atoms with Gasteiger partial charge in [-0.1, -0.05) is 29.8 Å². The fourth-order valence-corrected chi connectivity index (χ4v) is 3.25. The third-order valence-electron chi connectivity index (χ3n) is 2.62. The van der Waals surface area contributed by atoms with E-state index in [0.717, 1.165) is 20.6 Å². The highest BCUT2D eigenvalue weighted by Crippen LogP contribution is 2.20. The zero-order valence-corrected chi connectivity index (χ0v) is 13.8. The molecule has 2 aromatic carbocycles. The second kappa shape index (κ2) is 9.03. The van der Waals surface area contributed by atoms with Crippen LogP contribution in [-0.4, -0.2) is 24.0 Å². The van der Waals surface area contributed by atoms with Crippen molar-refractivity contribution in [1.29, 1.82) is 0 Å². The van der Waals surface area contributed by atoms with Crippen molar-refractivity contribution in [3.05, 3.63) is 59.6 Å². The number of amides is 1. The summed E-state index contributed by atoms with van der Waals surface area (Å²) in [6.07, 6.45) is 0. The molecule has 1 amide bonds. The zero-order valence-electron chi connectivity index (χ0n) is 11.4. The van der Waals surface area contributed by atoms with Crippen molar-refractivity contribution >= 4 is 41.0 Å². The molecule has 0 saturated heterocycles. The van der Waals surface area contributed by atoms with E-state index in [-0.39, 0.29) is 5.91 Å². The van der Waals surface area contributed by atoms with Crippen molar-refractivity contribution in [1.82, 2.24) is 5.32 Å². The predicted octanol–water partition coefficient (Wildman–Crippen LogP) is 4.34. The van der Waals surface area contributed by atoms with Crippen molar-refractivity contribution < 1.29 is 4.79 Å². The molecule has 0 heterocycles. The van der Waals surface area contributed by atoms with E-state index in [2.05, 4.69) is 5.32 Å². The largest absolute Gasteiger partial charge is 0.355 e. The lowest BCUT2D eigenvalue weighted by atomic mass is 10.4. The first kappa shape index (κ1) is 16.3. The number of carbonyl (C=O) groups is 1. The Balaban J connectivity index is 1.60. The van der Waals surface area contributed by atoms with Gasteiger partial charge in [0.1, 0.15) is 0 Å². The SMILES string of the molecule is O=C(CSc1ccccc1)NCCSc1ccc(Cl)cc1. The normalized spacial score (nSPS) is 10.3.